The third-order valence-corrected chi connectivity index (χ3v) is 4.16. The summed E-state index contributed by atoms with van der Waals surface area (Å²) < 4.78 is 10.3. The Morgan fingerprint density at radius 1 is 1.11 bits per heavy atom. The molecule has 1 heterocycles. The van der Waals surface area contributed by atoms with Gasteiger partial charge in [-0.3, -0.25) is 14.4 Å². The number of methoxy groups -OCH3 is 1. The molecule has 0 unspecified atom stereocenters. The van der Waals surface area contributed by atoms with Crippen molar-refractivity contribution in [2.45, 2.75) is 27.7 Å². The fraction of sp³-hybridized carbons (Fsp3) is 0.300. The van der Waals surface area contributed by atoms with Crippen LogP contribution in [0.15, 0.2) is 18.2 Å². The molecule has 1 aromatic carbocycles. The summed E-state index contributed by atoms with van der Waals surface area (Å²) in [6, 6.07) is 4.56. The van der Waals surface area contributed by atoms with Crippen molar-refractivity contribution < 1.29 is 28.7 Å². The van der Waals surface area contributed by atoms with Crippen LogP contribution in [0.2, 0.25) is 0 Å². The maximum Gasteiger partial charge on any atom is 0.339 e. The van der Waals surface area contributed by atoms with E-state index in [9.17, 15) is 19.2 Å². The highest BCUT2D eigenvalue weighted by atomic mass is 16.5. The van der Waals surface area contributed by atoms with Gasteiger partial charge in [-0.25, -0.2) is 4.79 Å². The molecule has 0 aliphatic heterocycles. The van der Waals surface area contributed by atoms with Crippen molar-refractivity contribution in [3.05, 3.63) is 46.3 Å². The first-order chi connectivity index (χ1) is 13.1. The van der Waals surface area contributed by atoms with Gasteiger partial charge in [0.05, 0.1) is 24.1 Å². The highest BCUT2D eigenvalue weighted by molar-refractivity contribution is 6.02. The Morgan fingerprint density at radius 3 is 2.36 bits per heavy atom. The molecule has 2 rings (SSSR count). The summed E-state index contributed by atoms with van der Waals surface area (Å²) in [5, 5.41) is 2.59. The number of anilines is 1. The van der Waals surface area contributed by atoms with E-state index in [-0.39, 0.29) is 29.7 Å². The predicted molar refractivity (Wildman–Crippen MR) is 102 cm³/mol. The highest BCUT2D eigenvalue weighted by Gasteiger charge is 2.23. The standard InChI is InChI=1S/C20H22N2O6/c1-10-18(20(26)27-5)11(2)21-19(10)16(25)9-28-17-8-14(12(3)23)6-7-15(17)22-13(4)24/h6-8,21H,9H2,1-5H3,(H,22,24). The second kappa shape index (κ2) is 8.51. The molecule has 28 heavy (non-hydrogen) atoms. The zero-order chi connectivity index (χ0) is 21.0. The van der Waals surface area contributed by atoms with Gasteiger partial charge in [0.25, 0.3) is 0 Å². The van der Waals surface area contributed by atoms with E-state index < -0.39 is 11.8 Å². The Hall–Kier alpha value is -3.42. The van der Waals surface area contributed by atoms with Crippen LogP contribution >= 0.6 is 0 Å². The summed E-state index contributed by atoms with van der Waals surface area (Å²) in [5.74, 6) is -1.22. The molecule has 8 nitrogen and oxygen atoms in total. The van der Waals surface area contributed by atoms with Crippen LogP contribution in [0.25, 0.3) is 0 Å². The number of hydrogen-bond donors (Lipinski definition) is 2. The molecule has 0 radical (unpaired) electrons. The zero-order valence-electron chi connectivity index (χ0n) is 16.4. The summed E-state index contributed by atoms with van der Waals surface area (Å²) in [4.78, 5) is 50.3. The van der Waals surface area contributed by atoms with Crippen molar-refractivity contribution in [2.24, 2.45) is 0 Å². The Kier molecular flexibility index (Phi) is 6.35. The summed E-state index contributed by atoms with van der Waals surface area (Å²) >= 11 is 0. The molecule has 2 N–H and O–H groups in total. The van der Waals surface area contributed by atoms with Gasteiger partial charge in [-0.2, -0.15) is 0 Å². The number of aromatic amines is 1. The molecular weight excluding hydrogens is 364 g/mol. The van der Waals surface area contributed by atoms with Gasteiger partial charge in [-0.1, -0.05) is 0 Å². The van der Waals surface area contributed by atoms with Gasteiger partial charge in [-0.15, -0.1) is 0 Å². The number of carbonyl (C=O) groups is 4. The minimum absolute atomic E-state index is 0.177. The Balaban J connectivity index is 2.27. The van der Waals surface area contributed by atoms with Crippen LogP contribution in [-0.4, -0.2) is 42.1 Å². The number of ether oxygens (including phenoxy) is 2. The van der Waals surface area contributed by atoms with Crippen molar-refractivity contribution in [3.8, 4) is 5.75 Å². The molecule has 2 aromatic rings. The van der Waals surface area contributed by atoms with Crippen molar-refractivity contribution in [2.75, 3.05) is 19.0 Å². The Bertz CT molecular complexity index is 958. The van der Waals surface area contributed by atoms with Crippen molar-refractivity contribution in [1.82, 2.24) is 4.98 Å². The Labute approximate surface area is 162 Å². The molecule has 0 aliphatic carbocycles. The summed E-state index contributed by atoms with van der Waals surface area (Å²) in [7, 11) is 1.27. The van der Waals surface area contributed by atoms with Gasteiger partial charge in [0.1, 0.15) is 5.75 Å². The third-order valence-electron chi connectivity index (χ3n) is 4.16. The summed E-state index contributed by atoms with van der Waals surface area (Å²) in [6.07, 6.45) is 0. The second-order valence-electron chi connectivity index (χ2n) is 6.28. The van der Waals surface area contributed by atoms with E-state index >= 15 is 0 Å². The smallest absolute Gasteiger partial charge is 0.339 e. The van der Waals surface area contributed by atoms with Crippen LogP contribution < -0.4 is 10.1 Å². The molecule has 0 fully saturated rings. The number of H-pyrrole nitrogens is 1. The lowest BCUT2D eigenvalue weighted by atomic mass is 10.1. The topological polar surface area (TPSA) is 115 Å². The lowest BCUT2D eigenvalue weighted by molar-refractivity contribution is -0.114. The van der Waals surface area contributed by atoms with Crippen molar-refractivity contribution in [3.63, 3.8) is 0 Å². The van der Waals surface area contributed by atoms with Crippen LogP contribution in [-0.2, 0) is 9.53 Å². The monoisotopic (exact) mass is 386 g/mol. The third kappa shape index (κ3) is 4.46. The lowest BCUT2D eigenvalue weighted by Crippen LogP contribution is -2.15. The first kappa shape index (κ1) is 20.9. The minimum Gasteiger partial charge on any atom is -0.483 e. The first-order valence-electron chi connectivity index (χ1n) is 8.51. The van der Waals surface area contributed by atoms with Gasteiger partial charge >= 0.3 is 5.97 Å². The number of carbonyl (C=O) groups excluding carboxylic acids is 4. The van der Waals surface area contributed by atoms with Gasteiger partial charge in [0.2, 0.25) is 11.7 Å². The number of esters is 1. The lowest BCUT2D eigenvalue weighted by Gasteiger charge is -2.12. The molecule has 0 saturated heterocycles. The highest BCUT2D eigenvalue weighted by Crippen LogP contribution is 2.27. The maximum absolute atomic E-state index is 12.6. The average Bonchev–Trinajstić information content (AvgIpc) is 2.93. The van der Waals surface area contributed by atoms with Gasteiger partial charge in [0.15, 0.2) is 12.4 Å². The van der Waals surface area contributed by atoms with Crippen LogP contribution in [0.4, 0.5) is 5.69 Å². The quantitative estimate of drug-likeness (QED) is 0.559. The number of benzene rings is 1. The van der Waals surface area contributed by atoms with Crippen molar-refractivity contribution >= 4 is 29.1 Å². The first-order valence-corrected chi connectivity index (χ1v) is 8.51. The maximum atomic E-state index is 12.6. The Morgan fingerprint density at radius 2 is 1.79 bits per heavy atom. The van der Waals surface area contributed by atoms with Gasteiger partial charge < -0.3 is 19.8 Å². The molecule has 0 atom stereocenters. The van der Waals surface area contributed by atoms with Crippen molar-refractivity contribution in [1.29, 1.82) is 0 Å². The number of aryl methyl sites for hydroxylation is 1. The van der Waals surface area contributed by atoms with E-state index in [0.717, 1.165) is 0 Å². The number of nitrogens with one attached hydrogen (secondary N) is 2. The summed E-state index contributed by atoms with van der Waals surface area (Å²) in [5.41, 5.74) is 2.27. The normalized spacial score (nSPS) is 10.3. The fourth-order valence-electron chi connectivity index (χ4n) is 2.81. The SMILES string of the molecule is COC(=O)c1c(C)[nH]c(C(=O)COc2cc(C(C)=O)ccc2NC(C)=O)c1C. The van der Waals surface area contributed by atoms with Crippen LogP contribution in [0.5, 0.6) is 5.75 Å². The van der Waals surface area contributed by atoms with E-state index in [1.807, 2.05) is 0 Å². The molecule has 0 saturated carbocycles. The largest absolute Gasteiger partial charge is 0.483 e. The van der Waals surface area contributed by atoms with E-state index in [1.165, 1.54) is 33.1 Å². The minimum atomic E-state index is -0.534. The van der Waals surface area contributed by atoms with Crippen LogP contribution in [0.1, 0.15) is 56.3 Å². The number of rotatable bonds is 7. The van der Waals surface area contributed by atoms with Gasteiger partial charge in [-0.05, 0) is 44.5 Å². The number of Topliss-reactive ketones (excluding diaryl/α,β-unsaturated/α-hetero) is 2. The summed E-state index contributed by atoms with van der Waals surface area (Å²) in [6.45, 7) is 5.70. The molecule has 0 spiro atoms. The van der Waals surface area contributed by atoms with Crippen LogP contribution in [0, 0.1) is 13.8 Å². The number of amides is 1. The number of ketones is 2. The van der Waals surface area contributed by atoms with E-state index in [1.54, 1.807) is 19.9 Å². The predicted octanol–water partition coefficient (Wildman–Crippen LogP) is 2.84. The van der Waals surface area contributed by atoms with Gasteiger partial charge in [0, 0.05) is 18.2 Å². The van der Waals surface area contributed by atoms with Crippen LogP contribution in [0.3, 0.4) is 0 Å². The molecule has 8 heteroatoms. The second-order valence-corrected chi connectivity index (χ2v) is 6.28. The molecule has 0 aliphatic rings. The van der Waals surface area contributed by atoms with E-state index in [0.29, 0.717) is 28.1 Å². The van der Waals surface area contributed by atoms with E-state index in [4.69, 9.17) is 9.47 Å². The number of aromatic nitrogens is 1. The molecule has 1 aromatic heterocycles. The molecule has 148 valence electrons. The number of hydrogen-bond acceptors (Lipinski definition) is 6. The van der Waals surface area contributed by atoms with E-state index in [2.05, 4.69) is 10.3 Å². The molecule has 0 bridgehead atoms. The molecular formula is C20H22N2O6. The average molecular weight is 386 g/mol. The molecule has 1 amide bonds. The zero-order valence-corrected chi connectivity index (χ0v) is 16.4. The fourth-order valence-corrected chi connectivity index (χ4v) is 2.81.